The van der Waals surface area contributed by atoms with Crippen LogP contribution in [0.2, 0.25) is 5.02 Å². The molecule has 1 aliphatic heterocycles. The second-order valence-electron chi connectivity index (χ2n) is 5.05. The molecule has 1 amide bonds. The van der Waals surface area contributed by atoms with Crippen LogP contribution >= 0.6 is 11.6 Å². The van der Waals surface area contributed by atoms with Gasteiger partial charge in [-0.2, -0.15) is 0 Å². The molecular weight excluding hydrogens is 314 g/mol. The fourth-order valence-corrected chi connectivity index (χ4v) is 2.98. The summed E-state index contributed by atoms with van der Waals surface area (Å²) in [5.41, 5.74) is 6.83. The lowest BCUT2D eigenvalue weighted by molar-refractivity contribution is -0.124. The van der Waals surface area contributed by atoms with Gasteiger partial charge in [-0.25, -0.2) is 13.8 Å². The molecule has 1 heterocycles. The molecule has 3 N–H and O–H groups in total. The third-order valence-electron chi connectivity index (χ3n) is 3.33. The van der Waals surface area contributed by atoms with Crippen LogP contribution in [0.5, 0.6) is 0 Å². The van der Waals surface area contributed by atoms with Crippen LogP contribution in [0.15, 0.2) is 24.3 Å². The fourth-order valence-electron chi connectivity index (χ4n) is 2.25. The first-order chi connectivity index (χ1) is 9.88. The lowest BCUT2D eigenvalue weighted by Gasteiger charge is -2.19. The minimum Gasteiger partial charge on any atom is -0.355 e. The van der Waals surface area contributed by atoms with Gasteiger partial charge in [0.05, 0.1) is 17.7 Å². The smallest absolute Gasteiger partial charge is 0.226 e. The van der Waals surface area contributed by atoms with Crippen LogP contribution in [0.4, 0.5) is 0 Å². The molecule has 1 saturated heterocycles. The Hall–Kier alpha value is -1.15. The lowest BCUT2D eigenvalue weighted by atomic mass is 9.94. The number of hydrogen-bond donors (Lipinski definition) is 3. The summed E-state index contributed by atoms with van der Waals surface area (Å²) < 4.78 is 22.1. The van der Waals surface area contributed by atoms with Crippen molar-refractivity contribution in [2.24, 2.45) is 5.92 Å². The molecule has 0 aromatic heterocycles. The topological polar surface area (TPSA) is 87.3 Å². The number of carbonyl (C=O) groups excluding carboxylic acids is 1. The Labute approximate surface area is 129 Å². The van der Waals surface area contributed by atoms with Crippen LogP contribution in [0.1, 0.15) is 11.6 Å². The number of hydrazine groups is 1. The molecule has 21 heavy (non-hydrogen) atoms. The largest absolute Gasteiger partial charge is 0.355 e. The molecule has 0 aliphatic carbocycles. The molecule has 2 atom stereocenters. The van der Waals surface area contributed by atoms with Gasteiger partial charge in [0.2, 0.25) is 5.91 Å². The maximum absolute atomic E-state index is 12.2. The molecule has 8 heteroatoms. The molecule has 0 bridgehead atoms. The second-order valence-corrected chi connectivity index (χ2v) is 7.72. The molecule has 6 nitrogen and oxygen atoms in total. The molecule has 2 rings (SSSR count). The van der Waals surface area contributed by atoms with Crippen molar-refractivity contribution in [3.8, 4) is 0 Å². The van der Waals surface area contributed by atoms with E-state index in [-0.39, 0.29) is 30.2 Å². The Morgan fingerprint density at radius 1 is 1.43 bits per heavy atom. The van der Waals surface area contributed by atoms with Crippen LogP contribution in [0, 0.1) is 5.92 Å². The molecule has 0 radical (unpaired) electrons. The van der Waals surface area contributed by atoms with E-state index in [0.29, 0.717) is 11.6 Å². The Bertz CT molecular complexity index is 621. The number of hydrogen-bond acceptors (Lipinski definition) is 5. The van der Waals surface area contributed by atoms with Crippen LogP contribution in [0.3, 0.4) is 0 Å². The zero-order chi connectivity index (χ0) is 15.5. The maximum atomic E-state index is 12.2. The quantitative estimate of drug-likeness (QED) is 0.720. The van der Waals surface area contributed by atoms with E-state index in [1.54, 1.807) is 6.07 Å². The van der Waals surface area contributed by atoms with Crippen molar-refractivity contribution in [2.75, 3.05) is 25.1 Å². The van der Waals surface area contributed by atoms with Crippen molar-refractivity contribution < 1.29 is 13.2 Å². The molecule has 2 unspecified atom stereocenters. The highest BCUT2D eigenvalue weighted by Gasteiger charge is 2.34. The summed E-state index contributed by atoms with van der Waals surface area (Å²) in [5.74, 6) is -0.603. The first kappa shape index (κ1) is 16.2. The Morgan fingerprint density at radius 3 is 2.81 bits per heavy atom. The highest BCUT2D eigenvalue weighted by atomic mass is 35.5. The van der Waals surface area contributed by atoms with Gasteiger partial charge in [0.15, 0.2) is 0 Å². The number of halogens is 1. The van der Waals surface area contributed by atoms with Crippen LogP contribution < -0.4 is 16.2 Å². The zero-order valence-electron chi connectivity index (χ0n) is 11.6. The highest BCUT2D eigenvalue weighted by Crippen LogP contribution is 2.30. The van der Waals surface area contributed by atoms with Crippen molar-refractivity contribution >= 4 is 27.3 Å². The van der Waals surface area contributed by atoms with Gasteiger partial charge in [-0.1, -0.05) is 29.8 Å². The predicted octanol–water partition coefficient (Wildman–Crippen LogP) is 0.266. The van der Waals surface area contributed by atoms with Gasteiger partial charge in [0.25, 0.3) is 0 Å². The zero-order valence-corrected chi connectivity index (χ0v) is 13.2. The SMILES string of the molecule is CS(=O)(=O)CCNC(=O)C1CNNC1c1ccccc1Cl. The van der Waals surface area contributed by atoms with Crippen molar-refractivity contribution in [3.63, 3.8) is 0 Å². The number of benzene rings is 1. The molecule has 1 aromatic rings. The second kappa shape index (κ2) is 6.74. The third kappa shape index (κ3) is 4.41. The monoisotopic (exact) mass is 331 g/mol. The van der Waals surface area contributed by atoms with E-state index in [0.717, 1.165) is 11.8 Å². The van der Waals surface area contributed by atoms with E-state index in [2.05, 4.69) is 16.2 Å². The summed E-state index contributed by atoms with van der Waals surface area (Å²) in [4.78, 5) is 12.2. The summed E-state index contributed by atoms with van der Waals surface area (Å²) in [6.45, 7) is 0.573. The predicted molar refractivity (Wildman–Crippen MR) is 81.5 cm³/mol. The Balaban J connectivity index is 2.02. The summed E-state index contributed by atoms with van der Waals surface area (Å²) in [7, 11) is -3.08. The minimum atomic E-state index is -3.08. The highest BCUT2D eigenvalue weighted by molar-refractivity contribution is 7.90. The van der Waals surface area contributed by atoms with Gasteiger partial charge >= 0.3 is 0 Å². The first-order valence-electron chi connectivity index (χ1n) is 6.57. The third-order valence-corrected chi connectivity index (χ3v) is 4.62. The van der Waals surface area contributed by atoms with Gasteiger partial charge in [0, 0.05) is 24.4 Å². The summed E-state index contributed by atoms with van der Waals surface area (Å²) >= 11 is 6.16. The molecule has 116 valence electrons. The molecule has 1 fully saturated rings. The first-order valence-corrected chi connectivity index (χ1v) is 9.00. The number of amides is 1. The summed E-state index contributed by atoms with van der Waals surface area (Å²) in [6.07, 6.45) is 1.14. The number of carbonyl (C=O) groups is 1. The normalized spacial score (nSPS) is 22.2. The van der Waals surface area contributed by atoms with E-state index >= 15 is 0 Å². The van der Waals surface area contributed by atoms with Crippen LogP contribution in [-0.4, -0.2) is 39.4 Å². The maximum Gasteiger partial charge on any atom is 0.226 e. The van der Waals surface area contributed by atoms with Crippen molar-refractivity contribution in [2.45, 2.75) is 6.04 Å². The van der Waals surface area contributed by atoms with Gasteiger partial charge in [-0.05, 0) is 11.6 Å². The van der Waals surface area contributed by atoms with E-state index in [1.807, 2.05) is 18.2 Å². The number of nitrogens with one attached hydrogen (secondary N) is 3. The molecule has 1 aromatic carbocycles. The van der Waals surface area contributed by atoms with Crippen LogP contribution in [0.25, 0.3) is 0 Å². The van der Waals surface area contributed by atoms with E-state index in [1.165, 1.54) is 0 Å². The van der Waals surface area contributed by atoms with Crippen molar-refractivity contribution in [3.05, 3.63) is 34.9 Å². The van der Waals surface area contributed by atoms with Crippen LogP contribution in [-0.2, 0) is 14.6 Å². The van der Waals surface area contributed by atoms with E-state index in [4.69, 9.17) is 11.6 Å². The van der Waals surface area contributed by atoms with Gasteiger partial charge in [-0.15, -0.1) is 0 Å². The van der Waals surface area contributed by atoms with E-state index in [9.17, 15) is 13.2 Å². The lowest BCUT2D eigenvalue weighted by Crippen LogP contribution is -2.37. The average molecular weight is 332 g/mol. The standard InChI is InChI=1S/C13H18ClN3O3S/c1-21(19,20)7-6-15-13(18)10-8-16-17-12(10)9-4-2-3-5-11(9)14/h2-5,10,12,16-17H,6-8H2,1H3,(H,15,18). The average Bonchev–Trinajstić information content (AvgIpc) is 2.86. The molecule has 1 aliphatic rings. The van der Waals surface area contributed by atoms with Crippen molar-refractivity contribution in [1.29, 1.82) is 0 Å². The number of sulfone groups is 1. The fraction of sp³-hybridized carbons (Fsp3) is 0.462. The molecular formula is C13H18ClN3O3S. The van der Waals surface area contributed by atoms with Gasteiger partial charge in [0.1, 0.15) is 9.84 Å². The molecule has 0 saturated carbocycles. The minimum absolute atomic E-state index is 0.0664. The summed E-state index contributed by atoms with van der Waals surface area (Å²) in [5, 5.41) is 3.25. The van der Waals surface area contributed by atoms with Gasteiger partial charge in [-0.3, -0.25) is 10.2 Å². The molecule has 0 spiro atoms. The van der Waals surface area contributed by atoms with E-state index < -0.39 is 9.84 Å². The van der Waals surface area contributed by atoms with Crippen molar-refractivity contribution in [1.82, 2.24) is 16.2 Å². The van der Waals surface area contributed by atoms with Gasteiger partial charge < -0.3 is 5.32 Å². The number of rotatable bonds is 5. The Kier molecular flexibility index (Phi) is 5.21. The Morgan fingerprint density at radius 2 is 2.14 bits per heavy atom. The summed E-state index contributed by atoms with van der Waals surface area (Å²) in [6, 6.07) is 7.09.